The van der Waals surface area contributed by atoms with Crippen LogP contribution in [0.15, 0.2) is 24.3 Å². The van der Waals surface area contributed by atoms with Gasteiger partial charge in [0.15, 0.2) is 0 Å². The van der Waals surface area contributed by atoms with Crippen LogP contribution >= 0.6 is 0 Å². The van der Waals surface area contributed by atoms with Crippen LogP contribution in [0.3, 0.4) is 0 Å². The van der Waals surface area contributed by atoms with Crippen molar-refractivity contribution in [2.45, 2.75) is 45.7 Å². The molecule has 1 aliphatic rings. The molecule has 1 amide bonds. The van der Waals surface area contributed by atoms with E-state index >= 15 is 0 Å². The van der Waals surface area contributed by atoms with Crippen LogP contribution in [-0.2, 0) is 4.79 Å². The van der Waals surface area contributed by atoms with Gasteiger partial charge < -0.3 is 16.0 Å². The number of carbonyl (C=O) groups excluding carboxylic acids is 1. The van der Waals surface area contributed by atoms with Crippen molar-refractivity contribution in [3.05, 3.63) is 35.4 Å². The number of rotatable bonds is 5. The average Bonchev–Trinajstić information content (AvgIpc) is 2.53. The summed E-state index contributed by atoms with van der Waals surface area (Å²) in [4.78, 5) is 14.7. The minimum atomic E-state index is -0.578. The van der Waals surface area contributed by atoms with Gasteiger partial charge in [-0.2, -0.15) is 0 Å². The summed E-state index contributed by atoms with van der Waals surface area (Å²) in [7, 11) is 0. The van der Waals surface area contributed by atoms with E-state index in [0.717, 1.165) is 18.7 Å². The minimum absolute atomic E-state index is 0.0782. The van der Waals surface area contributed by atoms with E-state index in [-0.39, 0.29) is 5.91 Å². The normalized spacial score (nSPS) is 20.9. The summed E-state index contributed by atoms with van der Waals surface area (Å²) in [6, 6.07) is 7.84. The number of hydrogen-bond acceptors (Lipinski definition) is 3. The second kappa shape index (κ2) is 7.75. The van der Waals surface area contributed by atoms with Crippen molar-refractivity contribution in [3.8, 4) is 0 Å². The Hall–Kier alpha value is -1.39. The zero-order chi connectivity index (χ0) is 16.1. The number of nitrogens with zero attached hydrogens (tertiary/aromatic N) is 1. The van der Waals surface area contributed by atoms with Gasteiger partial charge >= 0.3 is 0 Å². The molecule has 1 fully saturated rings. The molecular formula is C18H29N3O. The highest BCUT2D eigenvalue weighted by molar-refractivity contribution is 5.82. The average molecular weight is 303 g/mol. The molecule has 1 aromatic rings. The van der Waals surface area contributed by atoms with Crippen molar-refractivity contribution in [1.82, 2.24) is 10.2 Å². The Morgan fingerprint density at radius 3 is 2.68 bits per heavy atom. The van der Waals surface area contributed by atoms with Crippen molar-refractivity contribution in [2.75, 3.05) is 19.6 Å². The first kappa shape index (κ1) is 17.0. The Bertz CT molecular complexity index is 484. The van der Waals surface area contributed by atoms with E-state index in [1.807, 2.05) is 31.2 Å². The first-order valence-corrected chi connectivity index (χ1v) is 8.31. The van der Waals surface area contributed by atoms with E-state index in [4.69, 9.17) is 5.73 Å². The van der Waals surface area contributed by atoms with Gasteiger partial charge in [-0.25, -0.2) is 0 Å². The largest absolute Gasteiger partial charge is 0.354 e. The summed E-state index contributed by atoms with van der Waals surface area (Å²) in [6.07, 6.45) is 2.39. The van der Waals surface area contributed by atoms with Gasteiger partial charge in [-0.1, -0.05) is 29.8 Å². The second-order valence-corrected chi connectivity index (χ2v) is 6.73. The highest BCUT2D eigenvalue weighted by Gasteiger charge is 2.23. The summed E-state index contributed by atoms with van der Waals surface area (Å²) in [5, 5.41) is 3.03. The molecule has 2 rings (SSSR count). The van der Waals surface area contributed by atoms with E-state index in [2.05, 4.69) is 24.1 Å². The predicted molar refractivity (Wildman–Crippen MR) is 90.6 cm³/mol. The van der Waals surface area contributed by atoms with Crippen LogP contribution in [0.2, 0.25) is 0 Å². The van der Waals surface area contributed by atoms with Crippen LogP contribution < -0.4 is 11.1 Å². The fourth-order valence-electron chi connectivity index (χ4n) is 3.01. The van der Waals surface area contributed by atoms with Gasteiger partial charge in [0.2, 0.25) is 5.91 Å². The molecule has 0 radical (unpaired) electrons. The zero-order valence-corrected chi connectivity index (χ0v) is 14.0. The number of aryl methyl sites for hydroxylation is 1. The van der Waals surface area contributed by atoms with Gasteiger partial charge in [0.25, 0.3) is 0 Å². The fraction of sp³-hybridized carbons (Fsp3) is 0.611. The standard InChI is InChI=1S/C18H29N3O/c1-13(2)21-10-4-5-15(12-21)11-20-18(22)17(19)16-8-6-14(3)7-9-16/h6-9,13,15,17H,4-5,10-12,19H2,1-3H3,(H,20,22). The van der Waals surface area contributed by atoms with Crippen molar-refractivity contribution in [1.29, 1.82) is 0 Å². The second-order valence-electron chi connectivity index (χ2n) is 6.73. The summed E-state index contributed by atoms with van der Waals surface area (Å²) in [5.74, 6) is 0.454. The van der Waals surface area contributed by atoms with Gasteiger partial charge in [0.1, 0.15) is 6.04 Å². The maximum atomic E-state index is 12.2. The Kier molecular flexibility index (Phi) is 5.98. The van der Waals surface area contributed by atoms with Gasteiger partial charge in [-0.15, -0.1) is 0 Å². The number of benzene rings is 1. The summed E-state index contributed by atoms with van der Waals surface area (Å²) in [5.41, 5.74) is 8.10. The number of amides is 1. The molecule has 0 bridgehead atoms. The topological polar surface area (TPSA) is 58.4 Å². The molecule has 1 heterocycles. The number of nitrogens with two attached hydrogens (primary N) is 1. The smallest absolute Gasteiger partial charge is 0.241 e. The van der Waals surface area contributed by atoms with Crippen LogP contribution in [0.25, 0.3) is 0 Å². The molecule has 1 saturated heterocycles. The molecule has 1 aromatic carbocycles. The lowest BCUT2D eigenvalue weighted by Gasteiger charge is -2.35. The lowest BCUT2D eigenvalue weighted by molar-refractivity contribution is -0.122. The molecular weight excluding hydrogens is 274 g/mol. The Balaban J connectivity index is 1.83. The fourth-order valence-corrected chi connectivity index (χ4v) is 3.01. The van der Waals surface area contributed by atoms with Crippen LogP contribution in [-0.4, -0.2) is 36.5 Å². The van der Waals surface area contributed by atoms with Crippen molar-refractivity contribution in [3.63, 3.8) is 0 Å². The zero-order valence-electron chi connectivity index (χ0n) is 14.0. The Morgan fingerprint density at radius 1 is 1.36 bits per heavy atom. The molecule has 22 heavy (non-hydrogen) atoms. The maximum Gasteiger partial charge on any atom is 0.241 e. The van der Waals surface area contributed by atoms with Crippen LogP contribution in [0, 0.1) is 12.8 Å². The third kappa shape index (κ3) is 4.55. The molecule has 0 aromatic heterocycles. The third-order valence-electron chi connectivity index (χ3n) is 4.56. The van der Waals surface area contributed by atoms with E-state index in [1.165, 1.54) is 24.9 Å². The molecule has 3 N–H and O–H groups in total. The van der Waals surface area contributed by atoms with E-state index in [0.29, 0.717) is 12.0 Å². The van der Waals surface area contributed by atoms with Gasteiger partial charge in [-0.3, -0.25) is 4.79 Å². The molecule has 0 spiro atoms. The lowest BCUT2D eigenvalue weighted by atomic mass is 9.96. The van der Waals surface area contributed by atoms with E-state index < -0.39 is 6.04 Å². The highest BCUT2D eigenvalue weighted by Crippen LogP contribution is 2.18. The first-order valence-electron chi connectivity index (χ1n) is 8.31. The molecule has 2 unspecified atom stereocenters. The molecule has 1 aliphatic heterocycles. The van der Waals surface area contributed by atoms with E-state index in [9.17, 15) is 4.79 Å². The summed E-state index contributed by atoms with van der Waals surface area (Å²) in [6.45, 7) is 9.45. The SMILES string of the molecule is Cc1ccc(C(N)C(=O)NCC2CCCN(C(C)C)C2)cc1. The number of likely N-dealkylation sites (tertiary alicyclic amines) is 1. The molecule has 0 aliphatic carbocycles. The molecule has 0 saturated carbocycles. The Morgan fingerprint density at radius 2 is 2.05 bits per heavy atom. The number of hydrogen-bond donors (Lipinski definition) is 2. The van der Waals surface area contributed by atoms with Crippen molar-refractivity contribution in [2.24, 2.45) is 11.7 Å². The van der Waals surface area contributed by atoms with Gasteiger partial charge in [-0.05, 0) is 51.6 Å². The number of nitrogens with one attached hydrogen (secondary N) is 1. The molecule has 2 atom stereocenters. The minimum Gasteiger partial charge on any atom is -0.354 e. The molecule has 4 nitrogen and oxygen atoms in total. The van der Waals surface area contributed by atoms with Gasteiger partial charge in [0.05, 0.1) is 0 Å². The maximum absolute atomic E-state index is 12.2. The monoisotopic (exact) mass is 303 g/mol. The summed E-state index contributed by atoms with van der Waals surface area (Å²) < 4.78 is 0. The highest BCUT2D eigenvalue weighted by atomic mass is 16.2. The molecule has 122 valence electrons. The lowest BCUT2D eigenvalue weighted by Crippen LogP contribution is -2.45. The van der Waals surface area contributed by atoms with Crippen molar-refractivity contribution >= 4 is 5.91 Å². The summed E-state index contributed by atoms with van der Waals surface area (Å²) >= 11 is 0. The quantitative estimate of drug-likeness (QED) is 0.877. The Labute approximate surface area is 134 Å². The third-order valence-corrected chi connectivity index (χ3v) is 4.56. The van der Waals surface area contributed by atoms with Crippen molar-refractivity contribution < 1.29 is 4.79 Å². The van der Waals surface area contributed by atoms with E-state index in [1.54, 1.807) is 0 Å². The first-order chi connectivity index (χ1) is 10.5. The predicted octanol–water partition coefficient (Wildman–Crippen LogP) is 2.23. The van der Waals surface area contributed by atoms with Crippen LogP contribution in [0.4, 0.5) is 0 Å². The molecule has 4 heteroatoms. The van der Waals surface area contributed by atoms with Crippen LogP contribution in [0.1, 0.15) is 43.9 Å². The van der Waals surface area contributed by atoms with Crippen LogP contribution in [0.5, 0.6) is 0 Å². The van der Waals surface area contributed by atoms with Gasteiger partial charge in [0, 0.05) is 19.1 Å². The number of piperidine rings is 1. The number of carbonyl (C=O) groups is 1.